The van der Waals surface area contributed by atoms with Crippen LogP contribution in [0.1, 0.15) is 33.9 Å². The molecule has 1 aliphatic rings. The summed E-state index contributed by atoms with van der Waals surface area (Å²) in [6.45, 7) is 0.376. The number of nitrogens with zero attached hydrogens (tertiary/aromatic N) is 7. The molecule has 33 heavy (non-hydrogen) atoms. The van der Waals surface area contributed by atoms with Crippen LogP contribution in [0.4, 0.5) is 4.39 Å². The molecule has 162 valence electrons. The minimum Gasteiger partial charge on any atom is -0.411 e. The van der Waals surface area contributed by atoms with Crippen LogP contribution in [0.15, 0.2) is 59.5 Å². The van der Waals surface area contributed by atoms with Crippen molar-refractivity contribution < 1.29 is 13.6 Å². The SMILES string of the molecule is O=C(c1nnc(-c2ccc(F)cn2)o1)N1CCc2[nH]cnc2[C@H]1c1ncc2ccccc2n1. The first kappa shape index (κ1) is 19.2. The van der Waals surface area contributed by atoms with E-state index in [1.165, 1.54) is 12.1 Å². The van der Waals surface area contributed by atoms with Gasteiger partial charge in [-0.3, -0.25) is 4.79 Å². The zero-order chi connectivity index (χ0) is 22.4. The van der Waals surface area contributed by atoms with E-state index in [-0.39, 0.29) is 17.5 Å². The molecule has 0 unspecified atom stereocenters. The molecule has 0 saturated carbocycles. The lowest BCUT2D eigenvalue weighted by Gasteiger charge is -2.32. The minimum atomic E-state index is -0.628. The summed E-state index contributed by atoms with van der Waals surface area (Å²) in [5.74, 6) is -0.715. The summed E-state index contributed by atoms with van der Waals surface area (Å²) in [4.78, 5) is 35.7. The number of halogens is 1. The topological polar surface area (TPSA) is 127 Å². The van der Waals surface area contributed by atoms with Crippen LogP contribution in [-0.4, -0.2) is 52.5 Å². The molecule has 6 rings (SSSR count). The molecule has 5 heterocycles. The Hall–Kier alpha value is -4.54. The summed E-state index contributed by atoms with van der Waals surface area (Å²) in [6.07, 6.45) is 4.94. The molecule has 1 amide bonds. The Kier molecular flexibility index (Phi) is 4.39. The molecule has 1 aliphatic heterocycles. The molecule has 5 aromatic rings. The van der Waals surface area contributed by atoms with Crippen molar-refractivity contribution in [1.29, 1.82) is 0 Å². The van der Waals surface area contributed by atoms with Crippen molar-refractivity contribution in [2.24, 2.45) is 0 Å². The Morgan fingerprint density at radius 3 is 2.88 bits per heavy atom. The Labute approximate surface area is 185 Å². The lowest BCUT2D eigenvalue weighted by molar-refractivity contribution is 0.0643. The number of H-pyrrole nitrogens is 1. The number of aromatic amines is 1. The van der Waals surface area contributed by atoms with Crippen LogP contribution >= 0.6 is 0 Å². The molecule has 11 heteroatoms. The molecule has 0 radical (unpaired) electrons. The predicted octanol–water partition coefficient (Wildman–Crippen LogP) is 2.72. The maximum Gasteiger partial charge on any atom is 0.312 e. The number of para-hydroxylation sites is 1. The average Bonchev–Trinajstić information content (AvgIpc) is 3.53. The number of hydrogen-bond acceptors (Lipinski definition) is 8. The van der Waals surface area contributed by atoms with Crippen LogP contribution in [0.5, 0.6) is 0 Å². The molecule has 0 aliphatic carbocycles. The van der Waals surface area contributed by atoms with Gasteiger partial charge in [0, 0.05) is 30.2 Å². The third-order valence-corrected chi connectivity index (χ3v) is 5.49. The van der Waals surface area contributed by atoms with E-state index in [9.17, 15) is 9.18 Å². The van der Waals surface area contributed by atoms with Crippen molar-refractivity contribution in [3.05, 3.63) is 84.0 Å². The number of carbonyl (C=O) groups excluding carboxylic acids is 1. The minimum absolute atomic E-state index is 0.0225. The van der Waals surface area contributed by atoms with Gasteiger partial charge in [0.25, 0.3) is 5.89 Å². The van der Waals surface area contributed by atoms with Gasteiger partial charge in [-0.25, -0.2) is 24.3 Å². The Bertz CT molecular complexity index is 1480. The normalized spacial score (nSPS) is 15.5. The fourth-order valence-electron chi connectivity index (χ4n) is 3.91. The quantitative estimate of drug-likeness (QED) is 0.452. The van der Waals surface area contributed by atoms with Crippen LogP contribution < -0.4 is 0 Å². The summed E-state index contributed by atoms with van der Waals surface area (Å²) in [6, 6.07) is 9.62. The van der Waals surface area contributed by atoms with E-state index in [0.717, 1.165) is 22.8 Å². The van der Waals surface area contributed by atoms with E-state index in [4.69, 9.17) is 9.40 Å². The monoisotopic (exact) mass is 442 g/mol. The summed E-state index contributed by atoms with van der Waals surface area (Å²) < 4.78 is 18.7. The number of pyridine rings is 1. The predicted molar refractivity (Wildman–Crippen MR) is 112 cm³/mol. The highest BCUT2D eigenvalue weighted by molar-refractivity contribution is 5.90. The van der Waals surface area contributed by atoms with Gasteiger partial charge in [0.2, 0.25) is 0 Å². The third-order valence-electron chi connectivity index (χ3n) is 5.49. The number of rotatable bonds is 3. The van der Waals surface area contributed by atoms with Gasteiger partial charge < -0.3 is 14.3 Å². The Morgan fingerprint density at radius 1 is 1.09 bits per heavy atom. The number of aromatic nitrogens is 7. The second-order valence-corrected chi connectivity index (χ2v) is 7.48. The maximum absolute atomic E-state index is 13.4. The standard InChI is InChI=1S/C22H15FN8O2/c23-13-5-6-16(24-10-13)20-29-30-21(33-20)22(32)31-8-7-15-17(27-11-26-15)18(31)19-25-9-12-3-1-2-4-14(12)28-19/h1-6,9-11,18H,7-8H2,(H,26,27)/t18-/m0/s1. The highest BCUT2D eigenvalue weighted by Gasteiger charge is 2.38. The number of imidazole rings is 1. The molecule has 0 fully saturated rings. The zero-order valence-electron chi connectivity index (χ0n) is 17.0. The number of nitrogens with one attached hydrogen (secondary N) is 1. The number of amides is 1. The second-order valence-electron chi connectivity index (χ2n) is 7.48. The first-order valence-electron chi connectivity index (χ1n) is 10.2. The van der Waals surface area contributed by atoms with Gasteiger partial charge in [0.1, 0.15) is 17.6 Å². The van der Waals surface area contributed by atoms with Crippen LogP contribution in [0.2, 0.25) is 0 Å². The van der Waals surface area contributed by atoms with E-state index >= 15 is 0 Å². The summed E-state index contributed by atoms with van der Waals surface area (Å²) >= 11 is 0. The molecule has 0 spiro atoms. The van der Waals surface area contributed by atoms with Gasteiger partial charge in [0.15, 0.2) is 5.82 Å². The van der Waals surface area contributed by atoms with Crippen LogP contribution in [0.25, 0.3) is 22.5 Å². The van der Waals surface area contributed by atoms with Gasteiger partial charge in [-0.1, -0.05) is 18.2 Å². The molecule has 1 atom stereocenters. The van der Waals surface area contributed by atoms with Gasteiger partial charge in [-0.05, 0) is 18.2 Å². The molecular weight excluding hydrogens is 427 g/mol. The lowest BCUT2D eigenvalue weighted by Crippen LogP contribution is -2.41. The highest BCUT2D eigenvalue weighted by atomic mass is 19.1. The number of hydrogen-bond donors (Lipinski definition) is 1. The first-order valence-corrected chi connectivity index (χ1v) is 10.2. The van der Waals surface area contributed by atoms with E-state index in [1.54, 1.807) is 17.4 Å². The molecule has 4 aromatic heterocycles. The molecule has 10 nitrogen and oxygen atoms in total. The molecule has 1 aromatic carbocycles. The van der Waals surface area contributed by atoms with Gasteiger partial charge in [0.05, 0.1) is 23.7 Å². The summed E-state index contributed by atoms with van der Waals surface area (Å²) in [5.41, 5.74) is 2.62. The van der Waals surface area contributed by atoms with Crippen molar-refractivity contribution in [3.63, 3.8) is 0 Å². The third kappa shape index (κ3) is 3.30. The van der Waals surface area contributed by atoms with Gasteiger partial charge >= 0.3 is 11.8 Å². The van der Waals surface area contributed by atoms with E-state index < -0.39 is 17.8 Å². The van der Waals surface area contributed by atoms with Crippen molar-refractivity contribution in [2.45, 2.75) is 12.5 Å². The van der Waals surface area contributed by atoms with Crippen LogP contribution in [0.3, 0.4) is 0 Å². The van der Waals surface area contributed by atoms with Gasteiger partial charge in [-0.2, -0.15) is 0 Å². The zero-order valence-corrected chi connectivity index (χ0v) is 17.0. The summed E-state index contributed by atoms with van der Waals surface area (Å²) in [5, 5.41) is 8.70. The highest BCUT2D eigenvalue weighted by Crippen LogP contribution is 2.33. The van der Waals surface area contributed by atoms with E-state index in [1.807, 2.05) is 24.3 Å². The molecule has 0 saturated heterocycles. The maximum atomic E-state index is 13.4. The summed E-state index contributed by atoms with van der Waals surface area (Å²) in [7, 11) is 0. The fraction of sp³-hybridized carbons (Fsp3) is 0.136. The Balaban J connectivity index is 1.39. The first-order chi connectivity index (χ1) is 16.2. The van der Waals surface area contributed by atoms with Gasteiger partial charge in [-0.15, -0.1) is 10.2 Å². The smallest absolute Gasteiger partial charge is 0.312 e. The average molecular weight is 442 g/mol. The van der Waals surface area contributed by atoms with Crippen molar-refractivity contribution >= 4 is 16.8 Å². The number of benzene rings is 1. The van der Waals surface area contributed by atoms with Crippen molar-refractivity contribution in [2.75, 3.05) is 6.54 Å². The van der Waals surface area contributed by atoms with E-state index in [0.29, 0.717) is 24.5 Å². The van der Waals surface area contributed by atoms with Crippen LogP contribution in [-0.2, 0) is 6.42 Å². The second kappa shape index (κ2) is 7.55. The molecular formula is C22H15FN8O2. The molecule has 0 bridgehead atoms. The number of fused-ring (bicyclic) bond motifs is 2. The van der Waals surface area contributed by atoms with E-state index in [2.05, 4.69) is 30.1 Å². The molecule has 1 N–H and O–H groups in total. The largest absolute Gasteiger partial charge is 0.411 e. The lowest BCUT2D eigenvalue weighted by atomic mass is 10.0. The Morgan fingerprint density at radius 2 is 2.00 bits per heavy atom. The number of carbonyl (C=O) groups is 1. The van der Waals surface area contributed by atoms with Crippen molar-refractivity contribution in [3.8, 4) is 11.6 Å². The fourth-order valence-corrected chi connectivity index (χ4v) is 3.91. The van der Waals surface area contributed by atoms with Crippen molar-refractivity contribution in [1.82, 2.24) is 40.0 Å². The van der Waals surface area contributed by atoms with Crippen LogP contribution in [0, 0.1) is 5.82 Å².